The largest absolute Gasteiger partial charge is 0.273 e. The maximum Gasteiger partial charge on any atom is 0.271 e. The first-order valence-corrected chi connectivity index (χ1v) is 7.68. The predicted octanol–water partition coefficient (Wildman–Crippen LogP) is 2.89. The summed E-state index contributed by atoms with van der Waals surface area (Å²) in [6.45, 7) is 0. The molecule has 0 bridgehead atoms. The van der Waals surface area contributed by atoms with Crippen LogP contribution < -0.4 is 10.9 Å². The van der Waals surface area contributed by atoms with E-state index in [-0.39, 0.29) is 12.3 Å². The van der Waals surface area contributed by atoms with Crippen LogP contribution in [-0.2, 0) is 11.2 Å². The van der Waals surface area contributed by atoms with Crippen molar-refractivity contribution < 1.29 is 9.59 Å². The molecule has 5 nitrogen and oxygen atoms in total. The van der Waals surface area contributed by atoms with E-state index >= 15 is 0 Å². The lowest BCUT2D eigenvalue weighted by Gasteiger charge is -2.09. The van der Waals surface area contributed by atoms with E-state index in [2.05, 4.69) is 15.8 Å². The average Bonchev–Trinajstić information content (AvgIpc) is 2.61. The van der Waals surface area contributed by atoms with Gasteiger partial charge in [0.05, 0.1) is 12.0 Å². The van der Waals surface area contributed by atoms with Crippen molar-refractivity contribution in [1.82, 2.24) is 15.8 Å². The molecular formula is C18H14ClN3O2. The summed E-state index contributed by atoms with van der Waals surface area (Å²) in [5.74, 6) is -0.757. The number of hydrogen-bond donors (Lipinski definition) is 2. The van der Waals surface area contributed by atoms with Gasteiger partial charge < -0.3 is 0 Å². The van der Waals surface area contributed by atoms with Crippen LogP contribution >= 0.6 is 11.6 Å². The molecule has 0 spiro atoms. The number of aromatic nitrogens is 1. The molecule has 0 fully saturated rings. The Morgan fingerprint density at radius 3 is 2.54 bits per heavy atom. The van der Waals surface area contributed by atoms with Gasteiger partial charge in [-0.1, -0.05) is 54.1 Å². The average molecular weight is 340 g/mol. The summed E-state index contributed by atoms with van der Waals surface area (Å²) < 4.78 is 0. The molecule has 2 amide bonds. The van der Waals surface area contributed by atoms with E-state index in [1.165, 1.54) is 18.3 Å². The molecule has 0 unspecified atom stereocenters. The zero-order valence-electron chi connectivity index (χ0n) is 12.6. The minimum atomic E-state index is -0.453. The molecular weight excluding hydrogens is 326 g/mol. The second kappa shape index (κ2) is 7.10. The van der Waals surface area contributed by atoms with Crippen LogP contribution in [0, 0.1) is 0 Å². The smallest absolute Gasteiger partial charge is 0.271 e. The van der Waals surface area contributed by atoms with E-state index in [1.54, 1.807) is 0 Å². The maximum atomic E-state index is 12.1. The highest BCUT2D eigenvalue weighted by molar-refractivity contribution is 6.29. The van der Waals surface area contributed by atoms with Crippen LogP contribution in [0.25, 0.3) is 10.8 Å². The van der Waals surface area contributed by atoms with Crippen LogP contribution in [-0.4, -0.2) is 16.8 Å². The van der Waals surface area contributed by atoms with Gasteiger partial charge in [-0.25, -0.2) is 4.98 Å². The van der Waals surface area contributed by atoms with Gasteiger partial charge in [-0.2, -0.15) is 0 Å². The fourth-order valence-corrected chi connectivity index (χ4v) is 2.48. The normalized spacial score (nSPS) is 10.4. The third-order valence-electron chi connectivity index (χ3n) is 3.54. The number of halogens is 1. The Morgan fingerprint density at radius 2 is 1.75 bits per heavy atom. The van der Waals surface area contributed by atoms with Gasteiger partial charge in [0.15, 0.2) is 0 Å². The Morgan fingerprint density at radius 1 is 0.958 bits per heavy atom. The lowest BCUT2D eigenvalue weighted by Crippen LogP contribution is -2.42. The lowest BCUT2D eigenvalue weighted by atomic mass is 10.0. The monoisotopic (exact) mass is 339 g/mol. The van der Waals surface area contributed by atoms with Crippen molar-refractivity contribution >= 4 is 34.2 Å². The van der Waals surface area contributed by atoms with Crippen molar-refractivity contribution in [3.8, 4) is 0 Å². The Hall–Kier alpha value is -2.92. The third-order valence-corrected chi connectivity index (χ3v) is 3.76. The van der Waals surface area contributed by atoms with Crippen molar-refractivity contribution in [2.24, 2.45) is 0 Å². The number of benzene rings is 2. The first kappa shape index (κ1) is 16.0. The zero-order chi connectivity index (χ0) is 16.9. The minimum absolute atomic E-state index is 0.167. The summed E-state index contributed by atoms with van der Waals surface area (Å²) >= 11 is 5.67. The number of hydrazine groups is 1. The topological polar surface area (TPSA) is 71.1 Å². The molecule has 0 aliphatic rings. The van der Waals surface area contributed by atoms with E-state index in [1.807, 2.05) is 42.5 Å². The molecule has 0 saturated heterocycles. The van der Waals surface area contributed by atoms with E-state index < -0.39 is 5.91 Å². The number of hydrogen-bond acceptors (Lipinski definition) is 3. The molecule has 0 aliphatic heterocycles. The van der Waals surface area contributed by atoms with Gasteiger partial charge in [0, 0.05) is 6.20 Å². The summed E-state index contributed by atoms with van der Waals surface area (Å²) in [6, 6.07) is 16.7. The number of fused-ring (bicyclic) bond motifs is 1. The molecule has 3 aromatic rings. The van der Waals surface area contributed by atoms with Gasteiger partial charge in [0.1, 0.15) is 5.15 Å². The van der Waals surface area contributed by atoms with E-state index in [4.69, 9.17) is 11.6 Å². The number of carbonyl (C=O) groups is 2. The van der Waals surface area contributed by atoms with Gasteiger partial charge in [-0.15, -0.1) is 0 Å². The van der Waals surface area contributed by atoms with Crippen LogP contribution in [0.2, 0.25) is 5.15 Å². The van der Waals surface area contributed by atoms with Gasteiger partial charge in [-0.3, -0.25) is 20.4 Å². The number of carbonyl (C=O) groups excluding carboxylic acids is 2. The molecule has 0 radical (unpaired) electrons. The molecule has 3 rings (SSSR count). The second-order valence-corrected chi connectivity index (χ2v) is 5.57. The van der Waals surface area contributed by atoms with Crippen LogP contribution in [0.5, 0.6) is 0 Å². The van der Waals surface area contributed by atoms with Gasteiger partial charge in [0.2, 0.25) is 5.91 Å². The highest BCUT2D eigenvalue weighted by atomic mass is 35.5. The molecule has 6 heteroatoms. The molecule has 0 saturated carbocycles. The Balaban J connectivity index is 1.63. The quantitative estimate of drug-likeness (QED) is 0.569. The SMILES string of the molecule is O=C(Cc1cccc2ccccc12)NNC(=O)c1ccc(Cl)nc1. The maximum absolute atomic E-state index is 12.1. The lowest BCUT2D eigenvalue weighted by molar-refractivity contribution is -0.121. The number of nitrogens with zero attached hydrogens (tertiary/aromatic N) is 1. The first-order valence-electron chi connectivity index (χ1n) is 7.31. The summed E-state index contributed by atoms with van der Waals surface area (Å²) in [7, 11) is 0. The number of rotatable bonds is 3. The summed E-state index contributed by atoms with van der Waals surface area (Å²) in [5.41, 5.74) is 5.98. The summed E-state index contributed by atoms with van der Waals surface area (Å²) in [6.07, 6.45) is 1.51. The molecule has 2 aromatic carbocycles. The van der Waals surface area contributed by atoms with E-state index in [0.717, 1.165) is 16.3 Å². The van der Waals surface area contributed by atoms with Crippen molar-refractivity contribution in [3.05, 3.63) is 77.1 Å². The van der Waals surface area contributed by atoms with Crippen molar-refractivity contribution in [2.45, 2.75) is 6.42 Å². The Kier molecular flexibility index (Phi) is 4.72. The van der Waals surface area contributed by atoms with Crippen LogP contribution in [0.4, 0.5) is 0 Å². The van der Waals surface area contributed by atoms with Crippen molar-refractivity contribution in [2.75, 3.05) is 0 Å². The van der Waals surface area contributed by atoms with E-state index in [0.29, 0.717) is 10.7 Å². The standard InChI is InChI=1S/C18H14ClN3O2/c19-16-9-8-14(11-20-16)18(24)22-21-17(23)10-13-6-3-5-12-4-1-2-7-15(12)13/h1-9,11H,10H2,(H,21,23)(H,22,24). The fraction of sp³-hybridized carbons (Fsp3) is 0.0556. The molecule has 0 aliphatic carbocycles. The number of pyridine rings is 1. The van der Waals surface area contributed by atoms with Crippen molar-refractivity contribution in [1.29, 1.82) is 0 Å². The molecule has 24 heavy (non-hydrogen) atoms. The zero-order valence-corrected chi connectivity index (χ0v) is 13.4. The fourth-order valence-electron chi connectivity index (χ4n) is 2.37. The summed E-state index contributed by atoms with van der Waals surface area (Å²) in [4.78, 5) is 27.8. The van der Waals surface area contributed by atoms with Gasteiger partial charge in [0.25, 0.3) is 5.91 Å². The molecule has 1 aromatic heterocycles. The van der Waals surface area contributed by atoms with Crippen molar-refractivity contribution in [3.63, 3.8) is 0 Å². The highest BCUT2D eigenvalue weighted by Crippen LogP contribution is 2.18. The van der Waals surface area contributed by atoms with Crippen LogP contribution in [0.15, 0.2) is 60.8 Å². The highest BCUT2D eigenvalue weighted by Gasteiger charge is 2.10. The first-order chi connectivity index (χ1) is 11.6. The molecule has 1 heterocycles. The van der Waals surface area contributed by atoms with Crippen LogP contribution in [0.1, 0.15) is 15.9 Å². The number of amides is 2. The molecule has 120 valence electrons. The van der Waals surface area contributed by atoms with Gasteiger partial charge >= 0.3 is 0 Å². The summed E-state index contributed by atoms with van der Waals surface area (Å²) in [5, 5.41) is 2.38. The Bertz CT molecular complexity index is 889. The van der Waals surface area contributed by atoms with E-state index in [9.17, 15) is 9.59 Å². The number of nitrogens with one attached hydrogen (secondary N) is 2. The minimum Gasteiger partial charge on any atom is -0.273 e. The van der Waals surface area contributed by atoms with Crippen LogP contribution in [0.3, 0.4) is 0 Å². The molecule has 2 N–H and O–H groups in total. The third kappa shape index (κ3) is 3.70. The Labute approximate surface area is 143 Å². The second-order valence-electron chi connectivity index (χ2n) is 5.19. The van der Waals surface area contributed by atoms with Gasteiger partial charge in [-0.05, 0) is 28.5 Å². The molecule has 0 atom stereocenters. The predicted molar refractivity (Wildman–Crippen MR) is 92.5 cm³/mol.